The van der Waals surface area contributed by atoms with Crippen LogP contribution in [0.3, 0.4) is 0 Å². The molecule has 174 valence electrons. The zero-order valence-electron chi connectivity index (χ0n) is 19.3. The van der Waals surface area contributed by atoms with Gasteiger partial charge < -0.3 is 9.47 Å². The normalized spacial score (nSPS) is 14.1. The van der Waals surface area contributed by atoms with Crippen molar-refractivity contribution in [1.29, 1.82) is 0 Å². The number of halogens is 1. The highest BCUT2D eigenvalue weighted by Crippen LogP contribution is 2.40. The molecule has 1 aliphatic carbocycles. The number of aryl methyl sites for hydroxylation is 1. The van der Waals surface area contributed by atoms with Crippen LogP contribution in [0.1, 0.15) is 35.6 Å². The molecule has 0 amide bonds. The van der Waals surface area contributed by atoms with E-state index in [2.05, 4.69) is 12.1 Å². The van der Waals surface area contributed by atoms with Crippen molar-refractivity contribution >= 4 is 28.9 Å². The van der Waals surface area contributed by atoms with Crippen molar-refractivity contribution in [3.8, 4) is 5.75 Å². The first-order chi connectivity index (χ1) is 16.5. The first-order valence-corrected chi connectivity index (χ1v) is 11.7. The Morgan fingerprint density at radius 2 is 1.74 bits per heavy atom. The van der Waals surface area contributed by atoms with Gasteiger partial charge in [-0.25, -0.2) is 4.79 Å². The largest absolute Gasteiger partial charge is 0.494 e. The van der Waals surface area contributed by atoms with E-state index in [1.807, 2.05) is 48.5 Å². The smallest absolute Gasteiger partial charge is 0.345 e. The van der Waals surface area contributed by atoms with Gasteiger partial charge in [0.05, 0.1) is 18.8 Å². The summed E-state index contributed by atoms with van der Waals surface area (Å²) in [5.41, 5.74) is 4.99. The van der Waals surface area contributed by atoms with Crippen LogP contribution in [0.5, 0.6) is 5.75 Å². The maximum atomic E-state index is 13.0. The second-order valence-electron chi connectivity index (χ2n) is 7.99. The van der Waals surface area contributed by atoms with Gasteiger partial charge in [0.1, 0.15) is 11.3 Å². The number of benzene rings is 3. The maximum absolute atomic E-state index is 13.0. The SMILES string of the molecule is CCOC(=O)C1=C(c2ccc(Cl)cc2)c2ccc(OCCCc3ccccc3)cc2/C1=[N+](/C)O. The zero-order chi connectivity index (χ0) is 24.1. The third-order valence-corrected chi connectivity index (χ3v) is 5.91. The van der Waals surface area contributed by atoms with E-state index in [4.69, 9.17) is 21.1 Å². The summed E-state index contributed by atoms with van der Waals surface area (Å²) in [6.07, 6.45) is 1.80. The van der Waals surface area contributed by atoms with Gasteiger partial charge in [0.2, 0.25) is 0 Å². The van der Waals surface area contributed by atoms with Crippen LogP contribution in [0.4, 0.5) is 0 Å². The Balaban J connectivity index is 1.66. The number of carbonyl (C=O) groups is 1. The summed E-state index contributed by atoms with van der Waals surface area (Å²) in [5.74, 6) is 0.177. The average molecular weight is 477 g/mol. The van der Waals surface area contributed by atoms with Crippen molar-refractivity contribution in [3.63, 3.8) is 0 Å². The van der Waals surface area contributed by atoms with E-state index < -0.39 is 5.97 Å². The van der Waals surface area contributed by atoms with Gasteiger partial charge in [-0.1, -0.05) is 54.1 Å². The summed E-state index contributed by atoms with van der Waals surface area (Å²) in [6, 6.07) is 23.2. The van der Waals surface area contributed by atoms with E-state index in [-0.39, 0.29) is 6.61 Å². The number of fused-ring (bicyclic) bond motifs is 1. The minimum Gasteiger partial charge on any atom is -0.494 e. The van der Waals surface area contributed by atoms with Crippen LogP contribution in [-0.4, -0.2) is 41.9 Å². The fraction of sp³-hybridized carbons (Fsp3) is 0.214. The summed E-state index contributed by atoms with van der Waals surface area (Å²) in [4.78, 5) is 13.0. The van der Waals surface area contributed by atoms with E-state index in [1.165, 1.54) is 12.6 Å². The van der Waals surface area contributed by atoms with Gasteiger partial charge in [-0.05, 0) is 71.5 Å². The summed E-state index contributed by atoms with van der Waals surface area (Å²) >= 11 is 6.09. The maximum Gasteiger partial charge on any atom is 0.345 e. The summed E-state index contributed by atoms with van der Waals surface area (Å²) in [6.45, 7) is 2.54. The molecule has 3 aromatic rings. The van der Waals surface area contributed by atoms with Crippen molar-refractivity contribution in [2.24, 2.45) is 0 Å². The lowest BCUT2D eigenvalue weighted by atomic mass is 9.97. The number of nitrogens with zero attached hydrogens (tertiary/aromatic N) is 1. The lowest BCUT2D eigenvalue weighted by Gasteiger charge is -2.10. The summed E-state index contributed by atoms with van der Waals surface area (Å²) in [5, 5.41) is 11.1. The number of ether oxygens (including phenoxy) is 2. The monoisotopic (exact) mass is 476 g/mol. The number of hydroxylamine groups is 1. The van der Waals surface area contributed by atoms with Crippen LogP contribution in [0.2, 0.25) is 5.02 Å². The van der Waals surface area contributed by atoms with E-state index in [0.29, 0.717) is 39.8 Å². The van der Waals surface area contributed by atoms with Gasteiger partial charge >= 0.3 is 5.97 Å². The summed E-state index contributed by atoms with van der Waals surface area (Å²) < 4.78 is 12.3. The fourth-order valence-corrected chi connectivity index (χ4v) is 4.31. The molecule has 0 aromatic heterocycles. The number of rotatable bonds is 8. The van der Waals surface area contributed by atoms with E-state index in [1.54, 1.807) is 19.1 Å². The lowest BCUT2D eigenvalue weighted by Crippen LogP contribution is -2.22. The van der Waals surface area contributed by atoms with Crippen LogP contribution in [0.25, 0.3) is 5.57 Å². The standard InChI is InChI=1S/C28H27ClNO4/c1-3-33-28(31)26-25(20-11-13-21(29)14-12-20)23-16-15-22(18-24(23)27(26)30(2)32)34-17-7-10-19-8-5-4-6-9-19/h4-6,8-9,11-16,18,32H,3,7,10,17H2,1-2H3/q+1/b30-27+. The summed E-state index contributed by atoms with van der Waals surface area (Å²) in [7, 11) is 1.50. The molecule has 0 saturated carbocycles. The molecule has 0 radical (unpaired) electrons. The molecule has 4 rings (SSSR count). The fourth-order valence-electron chi connectivity index (χ4n) is 4.18. The molecule has 0 aliphatic heterocycles. The molecule has 0 fully saturated rings. The molecular formula is C28H27ClNO4+. The molecule has 0 bridgehead atoms. The van der Waals surface area contributed by atoms with Crippen molar-refractivity contribution in [2.75, 3.05) is 20.3 Å². The van der Waals surface area contributed by atoms with Gasteiger partial charge in [0.25, 0.3) is 5.71 Å². The molecule has 0 saturated heterocycles. The quantitative estimate of drug-likeness (QED) is 0.152. The Morgan fingerprint density at radius 3 is 2.41 bits per heavy atom. The van der Waals surface area contributed by atoms with Crippen molar-refractivity contribution < 1.29 is 24.2 Å². The molecule has 0 heterocycles. The first-order valence-electron chi connectivity index (χ1n) is 11.3. The molecule has 0 spiro atoms. The second-order valence-corrected chi connectivity index (χ2v) is 8.43. The minimum atomic E-state index is -0.495. The first kappa shape index (κ1) is 23.6. The topological polar surface area (TPSA) is 58.8 Å². The highest BCUT2D eigenvalue weighted by atomic mass is 35.5. The second kappa shape index (κ2) is 10.6. The van der Waals surface area contributed by atoms with E-state index >= 15 is 0 Å². The molecule has 3 aromatic carbocycles. The average Bonchev–Trinajstić information content (AvgIpc) is 3.18. The van der Waals surface area contributed by atoms with Crippen LogP contribution in [-0.2, 0) is 16.0 Å². The third kappa shape index (κ3) is 5.00. The number of hydrogen-bond acceptors (Lipinski definition) is 4. The highest BCUT2D eigenvalue weighted by Gasteiger charge is 2.40. The van der Waals surface area contributed by atoms with Crippen LogP contribution in [0.15, 0.2) is 78.4 Å². The number of esters is 1. The predicted molar refractivity (Wildman–Crippen MR) is 133 cm³/mol. The van der Waals surface area contributed by atoms with Crippen LogP contribution >= 0.6 is 11.6 Å². The molecular weight excluding hydrogens is 450 g/mol. The van der Waals surface area contributed by atoms with E-state index in [9.17, 15) is 10.0 Å². The predicted octanol–water partition coefficient (Wildman–Crippen LogP) is 5.55. The number of carbonyl (C=O) groups excluding carboxylic acids is 1. The van der Waals surface area contributed by atoms with Gasteiger partial charge in [-0.3, -0.25) is 5.21 Å². The van der Waals surface area contributed by atoms with Crippen LogP contribution < -0.4 is 4.74 Å². The Bertz CT molecular complexity index is 1240. The molecule has 5 nitrogen and oxygen atoms in total. The molecule has 1 N–H and O–H groups in total. The molecule has 1 aliphatic rings. The van der Waals surface area contributed by atoms with Crippen molar-refractivity contribution in [2.45, 2.75) is 19.8 Å². The van der Waals surface area contributed by atoms with Crippen LogP contribution in [0, 0.1) is 0 Å². The molecule has 0 atom stereocenters. The highest BCUT2D eigenvalue weighted by molar-refractivity contribution is 6.35. The van der Waals surface area contributed by atoms with Gasteiger partial charge in [0, 0.05) is 10.6 Å². The lowest BCUT2D eigenvalue weighted by molar-refractivity contribution is -0.753. The molecule has 34 heavy (non-hydrogen) atoms. The third-order valence-electron chi connectivity index (χ3n) is 5.66. The van der Waals surface area contributed by atoms with Gasteiger partial charge in [-0.15, -0.1) is 0 Å². The Kier molecular flexibility index (Phi) is 7.33. The van der Waals surface area contributed by atoms with Crippen molar-refractivity contribution in [3.05, 3.63) is 106 Å². The number of hydrogen-bond donors (Lipinski definition) is 1. The van der Waals surface area contributed by atoms with Gasteiger partial charge in [0.15, 0.2) is 7.05 Å². The zero-order valence-corrected chi connectivity index (χ0v) is 20.0. The van der Waals surface area contributed by atoms with Gasteiger partial charge in [-0.2, -0.15) is 0 Å². The minimum absolute atomic E-state index is 0.227. The van der Waals surface area contributed by atoms with Crippen molar-refractivity contribution in [1.82, 2.24) is 0 Å². The Morgan fingerprint density at radius 1 is 1.00 bits per heavy atom. The molecule has 0 unspecified atom stereocenters. The van der Waals surface area contributed by atoms with E-state index in [0.717, 1.165) is 28.7 Å². The Hall–Kier alpha value is -3.57. The Labute approximate surface area is 204 Å². The molecule has 6 heteroatoms.